The highest BCUT2D eigenvalue weighted by Crippen LogP contribution is 2.11. The monoisotopic (exact) mass is 358 g/mol. The average Bonchev–Trinajstić information content (AvgIpc) is 2.97. The molecule has 0 atom stereocenters. The molecule has 142 valence electrons. The quantitative estimate of drug-likeness (QED) is 0.558. The summed E-state index contributed by atoms with van der Waals surface area (Å²) in [7, 11) is 0. The van der Waals surface area contributed by atoms with Gasteiger partial charge in [-0.2, -0.15) is 0 Å². The van der Waals surface area contributed by atoms with Gasteiger partial charge in [0.25, 0.3) is 0 Å². The minimum Gasteiger partial charge on any atom is -0.444 e. The fourth-order valence-corrected chi connectivity index (χ4v) is 2.53. The van der Waals surface area contributed by atoms with Crippen LogP contribution in [0.15, 0.2) is 27.7 Å². The molecular weight excluding hydrogens is 328 g/mol. The van der Waals surface area contributed by atoms with E-state index in [1.807, 2.05) is 27.0 Å². The maximum Gasteiger partial charge on any atom is 0.214 e. The molecule has 0 unspecified atom stereocenters. The zero-order valence-electron chi connectivity index (χ0n) is 16.5. The first-order valence-electron chi connectivity index (χ1n) is 9.22. The smallest absolute Gasteiger partial charge is 0.214 e. The van der Waals surface area contributed by atoms with Crippen molar-refractivity contribution in [2.45, 2.75) is 47.7 Å². The third kappa shape index (κ3) is 5.47. The van der Waals surface area contributed by atoms with E-state index in [1.54, 1.807) is 0 Å². The van der Waals surface area contributed by atoms with Crippen LogP contribution in [0, 0.1) is 13.8 Å². The minimum atomic E-state index is 0.500. The van der Waals surface area contributed by atoms with Crippen molar-refractivity contribution in [3.8, 4) is 0 Å². The van der Waals surface area contributed by atoms with Crippen LogP contribution in [0.5, 0.6) is 0 Å². The molecule has 0 fully saturated rings. The SMILES string of the molecule is CCNC(=NCc1ccc(N(CC)CC)nc1)NCc1nc(C)c(C)o1. The van der Waals surface area contributed by atoms with Crippen molar-refractivity contribution in [1.29, 1.82) is 0 Å². The molecule has 26 heavy (non-hydrogen) atoms. The summed E-state index contributed by atoms with van der Waals surface area (Å²) in [5.41, 5.74) is 1.99. The summed E-state index contributed by atoms with van der Waals surface area (Å²) in [5, 5.41) is 6.48. The number of aliphatic imine (C=N–C) groups is 1. The number of hydrogen-bond acceptors (Lipinski definition) is 5. The van der Waals surface area contributed by atoms with Crippen molar-refractivity contribution >= 4 is 11.8 Å². The molecule has 2 rings (SSSR count). The summed E-state index contributed by atoms with van der Waals surface area (Å²) in [5.74, 6) is 3.25. The number of hydrogen-bond donors (Lipinski definition) is 2. The van der Waals surface area contributed by atoms with Crippen molar-refractivity contribution in [2.24, 2.45) is 4.99 Å². The molecule has 0 radical (unpaired) electrons. The van der Waals surface area contributed by atoms with Crippen LogP contribution in [0.1, 0.15) is 43.7 Å². The average molecular weight is 358 g/mol. The lowest BCUT2D eigenvalue weighted by molar-refractivity contribution is 0.463. The number of pyridine rings is 1. The molecule has 0 amide bonds. The second-order valence-electron chi connectivity index (χ2n) is 5.99. The first kappa shape index (κ1) is 19.8. The molecule has 0 saturated heterocycles. The molecule has 0 spiro atoms. The molecule has 0 aliphatic carbocycles. The van der Waals surface area contributed by atoms with Gasteiger partial charge < -0.3 is 20.0 Å². The van der Waals surface area contributed by atoms with Gasteiger partial charge in [0, 0.05) is 25.8 Å². The van der Waals surface area contributed by atoms with E-state index in [1.165, 1.54) is 0 Å². The van der Waals surface area contributed by atoms with E-state index in [-0.39, 0.29) is 0 Å². The highest BCUT2D eigenvalue weighted by molar-refractivity contribution is 5.79. The molecule has 2 N–H and O–H groups in total. The number of nitrogens with zero attached hydrogens (tertiary/aromatic N) is 4. The Kier molecular flexibility index (Phi) is 7.44. The molecule has 0 aliphatic rings. The highest BCUT2D eigenvalue weighted by Gasteiger charge is 2.07. The summed E-state index contributed by atoms with van der Waals surface area (Å²) in [6.07, 6.45) is 1.89. The summed E-state index contributed by atoms with van der Waals surface area (Å²) in [4.78, 5) is 15.8. The lowest BCUT2D eigenvalue weighted by atomic mass is 10.3. The summed E-state index contributed by atoms with van der Waals surface area (Å²) >= 11 is 0. The number of rotatable bonds is 8. The molecule has 2 heterocycles. The molecule has 2 aromatic heterocycles. The van der Waals surface area contributed by atoms with Crippen molar-refractivity contribution in [3.63, 3.8) is 0 Å². The molecule has 0 saturated carbocycles. The van der Waals surface area contributed by atoms with Gasteiger partial charge in [-0.3, -0.25) is 0 Å². The van der Waals surface area contributed by atoms with E-state index >= 15 is 0 Å². The Balaban J connectivity index is 1.97. The highest BCUT2D eigenvalue weighted by atomic mass is 16.4. The largest absolute Gasteiger partial charge is 0.444 e. The number of aryl methyl sites for hydroxylation is 2. The van der Waals surface area contributed by atoms with Crippen molar-refractivity contribution in [3.05, 3.63) is 41.2 Å². The van der Waals surface area contributed by atoms with Crippen LogP contribution >= 0.6 is 0 Å². The second kappa shape index (κ2) is 9.79. The molecule has 7 nitrogen and oxygen atoms in total. The zero-order chi connectivity index (χ0) is 18.9. The number of anilines is 1. The van der Waals surface area contributed by atoms with E-state index in [0.717, 1.165) is 48.4 Å². The number of nitrogens with one attached hydrogen (secondary N) is 2. The lowest BCUT2D eigenvalue weighted by Gasteiger charge is -2.19. The van der Waals surface area contributed by atoms with Crippen LogP contribution < -0.4 is 15.5 Å². The van der Waals surface area contributed by atoms with E-state index in [9.17, 15) is 0 Å². The van der Waals surface area contributed by atoms with Gasteiger partial charge in [0.1, 0.15) is 11.6 Å². The molecule has 7 heteroatoms. The predicted molar refractivity (Wildman–Crippen MR) is 105 cm³/mol. The Morgan fingerprint density at radius 3 is 2.46 bits per heavy atom. The van der Waals surface area contributed by atoms with Crippen LogP contribution in [0.2, 0.25) is 0 Å². The topological polar surface area (TPSA) is 78.6 Å². The van der Waals surface area contributed by atoms with Gasteiger partial charge in [-0.05, 0) is 46.2 Å². The van der Waals surface area contributed by atoms with E-state index < -0.39 is 0 Å². The number of guanidine groups is 1. The predicted octanol–water partition coefficient (Wildman–Crippen LogP) is 2.79. The van der Waals surface area contributed by atoms with Crippen LogP contribution in [0.4, 0.5) is 5.82 Å². The van der Waals surface area contributed by atoms with Gasteiger partial charge in [0.05, 0.1) is 18.8 Å². The molecule has 2 aromatic rings. The molecule has 0 aromatic carbocycles. The van der Waals surface area contributed by atoms with Crippen LogP contribution in [-0.4, -0.2) is 35.6 Å². The van der Waals surface area contributed by atoms with E-state index in [4.69, 9.17) is 4.42 Å². The summed E-state index contributed by atoms with van der Waals surface area (Å²) in [6.45, 7) is 13.9. The Morgan fingerprint density at radius 2 is 1.92 bits per heavy atom. The number of aromatic nitrogens is 2. The van der Waals surface area contributed by atoms with Gasteiger partial charge in [0.2, 0.25) is 5.89 Å². The minimum absolute atomic E-state index is 0.500. The Labute approximate surface area is 155 Å². The van der Waals surface area contributed by atoms with Crippen molar-refractivity contribution in [1.82, 2.24) is 20.6 Å². The standard InChI is InChI=1S/C19H30N6O/c1-6-20-19(23-13-18-24-14(4)15(5)26-18)22-12-16-9-10-17(21-11-16)25(7-2)8-3/h9-11H,6-8,12-13H2,1-5H3,(H2,20,22,23). The van der Waals surface area contributed by atoms with Crippen LogP contribution in [-0.2, 0) is 13.1 Å². The molecular formula is C19H30N6O. The normalized spacial score (nSPS) is 11.5. The van der Waals surface area contributed by atoms with Crippen molar-refractivity contribution in [2.75, 3.05) is 24.5 Å². The van der Waals surface area contributed by atoms with Gasteiger partial charge in [-0.15, -0.1) is 0 Å². The fraction of sp³-hybridized carbons (Fsp3) is 0.526. The van der Waals surface area contributed by atoms with Gasteiger partial charge in [-0.25, -0.2) is 15.0 Å². The van der Waals surface area contributed by atoms with Gasteiger partial charge in [0.15, 0.2) is 5.96 Å². The van der Waals surface area contributed by atoms with Gasteiger partial charge in [-0.1, -0.05) is 6.07 Å². The summed E-state index contributed by atoms with van der Waals surface area (Å²) < 4.78 is 5.59. The van der Waals surface area contributed by atoms with Crippen LogP contribution in [0.3, 0.4) is 0 Å². The lowest BCUT2D eigenvalue weighted by Crippen LogP contribution is -2.36. The Bertz CT molecular complexity index is 684. The third-order valence-electron chi connectivity index (χ3n) is 4.14. The van der Waals surface area contributed by atoms with Crippen molar-refractivity contribution < 1.29 is 4.42 Å². The molecule has 0 bridgehead atoms. The summed E-state index contributed by atoms with van der Waals surface area (Å²) in [6, 6.07) is 4.13. The molecule has 0 aliphatic heterocycles. The Hall–Kier alpha value is -2.57. The van der Waals surface area contributed by atoms with E-state index in [2.05, 4.69) is 56.5 Å². The maximum atomic E-state index is 5.59. The number of oxazole rings is 1. The fourth-order valence-electron chi connectivity index (χ4n) is 2.53. The zero-order valence-corrected chi connectivity index (χ0v) is 16.5. The van der Waals surface area contributed by atoms with Gasteiger partial charge >= 0.3 is 0 Å². The van der Waals surface area contributed by atoms with E-state index in [0.29, 0.717) is 19.0 Å². The van der Waals surface area contributed by atoms with Crippen LogP contribution in [0.25, 0.3) is 0 Å². The Morgan fingerprint density at radius 1 is 1.15 bits per heavy atom. The second-order valence-corrected chi connectivity index (χ2v) is 5.99. The first-order valence-corrected chi connectivity index (χ1v) is 9.22. The third-order valence-corrected chi connectivity index (χ3v) is 4.14. The first-order chi connectivity index (χ1) is 12.6. The maximum absolute atomic E-state index is 5.59.